The second kappa shape index (κ2) is 11.6. The summed E-state index contributed by atoms with van der Waals surface area (Å²) in [4.78, 5) is 39.8. The quantitative estimate of drug-likeness (QED) is 0.343. The summed E-state index contributed by atoms with van der Waals surface area (Å²) in [5.41, 5.74) is -0.489. The molecule has 0 atom stereocenters. The maximum absolute atomic E-state index is 13.4. The second-order valence-corrected chi connectivity index (χ2v) is 12.3. The first-order valence-corrected chi connectivity index (χ1v) is 15.4. The smallest absolute Gasteiger partial charge is 0.264 e. The van der Waals surface area contributed by atoms with E-state index in [4.69, 9.17) is 4.74 Å². The topological polar surface area (TPSA) is 119 Å². The first kappa shape index (κ1) is 28.5. The zero-order valence-electron chi connectivity index (χ0n) is 24.5. The SMILES string of the molecule is O=c1c2cnn(-c3ccc(F)cc3)c2ncn1CC1(O)CCN(C(=O)[C@H]2CC[C@H](Oc3cccc(N4CCC4)n3)CC2)CC1. The predicted octanol–water partition coefficient (Wildman–Crippen LogP) is 3.32. The fraction of sp³-hybridized carbons (Fsp3) is 0.469. The number of halogens is 1. The van der Waals surface area contributed by atoms with E-state index in [0.717, 1.165) is 44.6 Å². The Hall–Kier alpha value is -4.32. The summed E-state index contributed by atoms with van der Waals surface area (Å²) >= 11 is 0. The maximum Gasteiger partial charge on any atom is 0.264 e. The first-order chi connectivity index (χ1) is 21.3. The van der Waals surface area contributed by atoms with Crippen molar-refractivity contribution in [3.63, 3.8) is 0 Å². The van der Waals surface area contributed by atoms with Crippen LogP contribution in [0.4, 0.5) is 10.2 Å². The van der Waals surface area contributed by atoms with Crippen LogP contribution in [-0.2, 0) is 11.3 Å². The number of likely N-dealkylation sites (tertiary alicyclic amines) is 1. The van der Waals surface area contributed by atoms with Crippen LogP contribution in [0.5, 0.6) is 5.88 Å². The van der Waals surface area contributed by atoms with Crippen molar-refractivity contribution in [2.45, 2.75) is 63.2 Å². The number of rotatable bonds is 7. The van der Waals surface area contributed by atoms with Crippen molar-refractivity contribution in [2.75, 3.05) is 31.1 Å². The Labute approximate surface area is 253 Å². The molecule has 1 N–H and O–H groups in total. The molecule has 44 heavy (non-hydrogen) atoms. The third-order valence-electron chi connectivity index (χ3n) is 9.30. The molecule has 11 nitrogen and oxygen atoms in total. The Morgan fingerprint density at radius 2 is 1.77 bits per heavy atom. The molecular formula is C32H36FN7O4. The number of hydrogen-bond acceptors (Lipinski definition) is 8. The van der Waals surface area contributed by atoms with E-state index in [9.17, 15) is 19.1 Å². The molecule has 1 saturated carbocycles. The molecule has 5 heterocycles. The van der Waals surface area contributed by atoms with Gasteiger partial charge in [-0.3, -0.25) is 14.2 Å². The molecule has 1 aromatic carbocycles. The van der Waals surface area contributed by atoms with Crippen molar-refractivity contribution >= 4 is 22.8 Å². The van der Waals surface area contributed by atoms with E-state index in [0.29, 0.717) is 48.5 Å². The summed E-state index contributed by atoms with van der Waals surface area (Å²) in [6.07, 6.45) is 7.99. The number of benzene rings is 1. The van der Waals surface area contributed by atoms with Crippen molar-refractivity contribution in [3.8, 4) is 11.6 Å². The van der Waals surface area contributed by atoms with Crippen molar-refractivity contribution in [3.05, 3.63) is 71.2 Å². The van der Waals surface area contributed by atoms with Crippen molar-refractivity contribution in [1.29, 1.82) is 0 Å². The normalized spacial score (nSPS) is 21.7. The highest BCUT2D eigenvalue weighted by Crippen LogP contribution is 2.32. The molecular weight excluding hydrogens is 565 g/mol. The van der Waals surface area contributed by atoms with Gasteiger partial charge in [-0.25, -0.2) is 14.1 Å². The van der Waals surface area contributed by atoms with Crippen molar-refractivity contribution in [1.82, 2.24) is 29.2 Å². The van der Waals surface area contributed by atoms with E-state index in [2.05, 4.69) is 20.0 Å². The molecule has 3 fully saturated rings. The fourth-order valence-corrected chi connectivity index (χ4v) is 6.50. The van der Waals surface area contributed by atoms with E-state index < -0.39 is 5.60 Å². The number of hydrogen-bond donors (Lipinski definition) is 1. The number of nitrogens with zero attached hydrogens (tertiary/aromatic N) is 7. The number of pyridine rings is 1. The van der Waals surface area contributed by atoms with Gasteiger partial charge in [0.05, 0.1) is 24.0 Å². The van der Waals surface area contributed by atoms with Crippen LogP contribution in [0.2, 0.25) is 0 Å². The molecule has 7 rings (SSSR count). The zero-order valence-corrected chi connectivity index (χ0v) is 24.5. The Kier molecular flexibility index (Phi) is 7.53. The van der Waals surface area contributed by atoms with Crippen LogP contribution < -0.4 is 15.2 Å². The zero-order chi connectivity index (χ0) is 30.3. The number of fused-ring (bicyclic) bond motifs is 1. The number of amides is 1. The molecule has 0 spiro atoms. The summed E-state index contributed by atoms with van der Waals surface area (Å²) < 4.78 is 22.4. The largest absolute Gasteiger partial charge is 0.474 e. The van der Waals surface area contributed by atoms with Crippen LogP contribution in [0, 0.1) is 11.7 Å². The average Bonchev–Trinajstić information content (AvgIpc) is 3.44. The van der Waals surface area contributed by atoms with Crippen molar-refractivity contribution < 1.29 is 19.0 Å². The molecule has 2 aliphatic heterocycles. The molecule has 0 radical (unpaired) electrons. The third kappa shape index (κ3) is 5.66. The molecule has 3 aromatic heterocycles. The number of carbonyl (C=O) groups excluding carboxylic acids is 1. The van der Waals surface area contributed by atoms with Gasteiger partial charge in [0, 0.05) is 38.2 Å². The summed E-state index contributed by atoms with van der Waals surface area (Å²) in [5.74, 6) is 1.33. The standard InChI is InChI=1S/C32H36FN7O4/c33-23-7-9-24(10-8-23)40-29-26(19-35-40)31(42)39(21-34-29)20-32(43)13-17-38(18-14-32)30(41)22-5-11-25(12-6-22)44-28-4-1-3-27(36-28)37-15-2-16-37/h1,3-4,7-10,19,21-22,25,43H,2,5-6,11-18,20H2/t22-,25-. The van der Waals surface area contributed by atoms with Gasteiger partial charge in [-0.2, -0.15) is 10.1 Å². The number of anilines is 1. The van der Waals surface area contributed by atoms with E-state index in [-0.39, 0.29) is 35.9 Å². The molecule has 0 unspecified atom stereocenters. The van der Waals surface area contributed by atoms with E-state index in [1.54, 1.807) is 12.1 Å². The van der Waals surface area contributed by atoms with Gasteiger partial charge in [-0.05, 0) is 75.3 Å². The number of ether oxygens (including phenoxy) is 1. The molecule has 2 saturated heterocycles. The molecule has 12 heteroatoms. The Morgan fingerprint density at radius 1 is 1.02 bits per heavy atom. The third-order valence-corrected chi connectivity index (χ3v) is 9.30. The predicted molar refractivity (Wildman–Crippen MR) is 161 cm³/mol. The summed E-state index contributed by atoms with van der Waals surface area (Å²) in [6, 6.07) is 11.7. The van der Waals surface area contributed by atoms with Gasteiger partial charge < -0.3 is 19.6 Å². The highest BCUT2D eigenvalue weighted by Gasteiger charge is 2.37. The van der Waals surface area contributed by atoms with Gasteiger partial charge in [0.1, 0.15) is 29.5 Å². The fourth-order valence-electron chi connectivity index (χ4n) is 6.50. The van der Waals surface area contributed by atoms with Crippen LogP contribution in [0.1, 0.15) is 44.9 Å². The monoisotopic (exact) mass is 601 g/mol. The molecule has 1 aliphatic carbocycles. The lowest BCUT2D eigenvalue weighted by molar-refractivity contribution is -0.141. The van der Waals surface area contributed by atoms with Gasteiger partial charge in [0.25, 0.3) is 5.56 Å². The molecule has 230 valence electrons. The average molecular weight is 602 g/mol. The highest BCUT2D eigenvalue weighted by molar-refractivity contribution is 5.79. The lowest BCUT2D eigenvalue weighted by Crippen LogP contribution is -2.51. The van der Waals surface area contributed by atoms with E-state index >= 15 is 0 Å². The summed E-state index contributed by atoms with van der Waals surface area (Å²) in [6.45, 7) is 3.02. The van der Waals surface area contributed by atoms with E-state index in [1.165, 1.54) is 40.3 Å². The summed E-state index contributed by atoms with van der Waals surface area (Å²) in [7, 11) is 0. The number of piperidine rings is 1. The van der Waals surface area contributed by atoms with Gasteiger partial charge in [0.15, 0.2) is 5.65 Å². The highest BCUT2D eigenvalue weighted by atomic mass is 19.1. The summed E-state index contributed by atoms with van der Waals surface area (Å²) in [5, 5.41) is 16.0. The Balaban J connectivity index is 0.925. The van der Waals surface area contributed by atoms with Crippen LogP contribution in [-0.4, -0.2) is 78.1 Å². The van der Waals surface area contributed by atoms with Gasteiger partial charge in [-0.15, -0.1) is 0 Å². The minimum absolute atomic E-state index is 0.0479. The number of aromatic nitrogens is 5. The number of aliphatic hydroxyl groups is 1. The van der Waals surface area contributed by atoms with Crippen LogP contribution in [0.25, 0.3) is 16.7 Å². The van der Waals surface area contributed by atoms with Gasteiger partial charge in [0.2, 0.25) is 11.8 Å². The van der Waals surface area contributed by atoms with Gasteiger partial charge in [-0.1, -0.05) is 6.07 Å². The Morgan fingerprint density at radius 3 is 2.48 bits per heavy atom. The van der Waals surface area contributed by atoms with E-state index in [1.807, 2.05) is 23.1 Å². The minimum Gasteiger partial charge on any atom is -0.474 e. The lowest BCUT2D eigenvalue weighted by Gasteiger charge is -2.40. The number of carbonyl (C=O) groups is 1. The lowest BCUT2D eigenvalue weighted by atomic mass is 9.85. The van der Waals surface area contributed by atoms with Crippen LogP contribution in [0.3, 0.4) is 0 Å². The van der Waals surface area contributed by atoms with Crippen LogP contribution in [0.15, 0.2) is 59.8 Å². The minimum atomic E-state index is -1.13. The first-order valence-electron chi connectivity index (χ1n) is 15.4. The molecule has 1 amide bonds. The molecule has 0 bridgehead atoms. The van der Waals surface area contributed by atoms with Crippen molar-refractivity contribution in [2.24, 2.45) is 5.92 Å². The molecule has 3 aliphatic rings. The Bertz CT molecular complexity index is 1700. The second-order valence-electron chi connectivity index (χ2n) is 12.3. The molecule has 4 aromatic rings. The van der Waals surface area contributed by atoms with Crippen LogP contribution >= 0.6 is 0 Å². The maximum atomic E-state index is 13.4. The van der Waals surface area contributed by atoms with Gasteiger partial charge >= 0.3 is 0 Å².